The van der Waals surface area contributed by atoms with Gasteiger partial charge in [-0.2, -0.15) is 0 Å². The summed E-state index contributed by atoms with van der Waals surface area (Å²) in [5.41, 5.74) is 3.92. The van der Waals surface area contributed by atoms with Crippen molar-refractivity contribution >= 4 is 39.6 Å². The highest BCUT2D eigenvalue weighted by atomic mass is 16.8. The lowest BCUT2D eigenvalue weighted by atomic mass is 10.0. The van der Waals surface area contributed by atoms with Gasteiger partial charge in [0.2, 0.25) is 0 Å². The summed E-state index contributed by atoms with van der Waals surface area (Å²) in [4.78, 5) is 34.2. The highest BCUT2D eigenvalue weighted by Crippen LogP contribution is 2.35. The quantitative estimate of drug-likeness (QED) is 0.271. The molecule has 0 radical (unpaired) electrons. The number of hydrogen-bond donors (Lipinski definition) is 1. The molecule has 0 bridgehead atoms. The number of carbonyl (C=O) groups excluding carboxylic acids is 1. The zero-order valence-corrected chi connectivity index (χ0v) is 22.4. The first-order chi connectivity index (χ1) is 19.3. The number of hydrogen-bond acceptors (Lipinski definition) is 7. The van der Waals surface area contributed by atoms with Gasteiger partial charge in [0.1, 0.15) is 6.10 Å². The summed E-state index contributed by atoms with van der Waals surface area (Å²) < 4.78 is 16.8. The van der Waals surface area contributed by atoms with Crippen LogP contribution in [0, 0.1) is 0 Å². The van der Waals surface area contributed by atoms with Crippen molar-refractivity contribution in [3.8, 4) is 0 Å². The van der Waals surface area contributed by atoms with E-state index in [0.717, 1.165) is 27.5 Å². The molecule has 0 saturated carbocycles. The molecule has 4 aromatic rings. The van der Waals surface area contributed by atoms with Crippen LogP contribution in [-0.2, 0) is 14.2 Å². The molecule has 2 atom stereocenters. The maximum Gasteiger partial charge on any atom is 0.506 e. The summed E-state index contributed by atoms with van der Waals surface area (Å²) in [5.74, 6) is -0.810. The maximum atomic E-state index is 13.9. The zero-order valence-electron chi connectivity index (χ0n) is 22.4. The molecule has 2 unspecified atom stereocenters. The van der Waals surface area contributed by atoms with Crippen LogP contribution in [0.15, 0.2) is 72.8 Å². The molecule has 3 heterocycles. The van der Waals surface area contributed by atoms with E-state index in [9.17, 15) is 14.7 Å². The number of carboxylic acid groups (broad SMARTS) is 1. The van der Waals surface area contributed by atoms with Gasteiger partial charge in [0.25, 0.3) is 5.91 Å². The molecule has 2 aliphatic rings. The van der Waals surface area contributed by atoms with E-state index >= 15 is 0 Å². The first kappa shape index (κ1) is 26.0. The van der Waals surface area contributed by atoms with E-state index in [2.05, 4.69) is 4.90 Å². The Morgan fingerprint density at radius 2 is 1.60 bits per heavy atom. The Morgan fingerprint density at radius 3 is 2.20 bits per heavy atom. The van der Waals surface area contributed by atoms with Gasteiger partial charge < -0.3 is 29.1 Å². The van der Waals surface area contributed by atoms with Crippen molar-refractivity contribution in [1.82, 2.24) is 9.88 Å². The van der Waals surface area contributed by atoms with Crippen molar-refractivity contribution in [1.29, 1.82) is 0 Å². The van der Waals surface area contributed by atoms with Crippen LogP contribution in [0.5, 0.6) is 0 Å². The van der Waals surface area contributed by atoms with Crippen LogP contribution in [0.1, 0.15) is 35.9 Å². The number of pyridine rings is 1. The highest BCUT2D eigenvalue weighted by molar-refractivity contribution is 6.16. The van der Waals surface area contributed by atoms with E-state index in [4.69, 9.17) is 19.2 Å². The van der Waals surface area contributed by atoms with E-state index in [1.807, 2.05) is 77.7 Å². The number of para-hydroxylation sites is 2. The third-order valence-electron chi connectivity index (χ3n) is 7.53. The van der Waals surface area contributed by atoms with Gasteiger partial charge in [-0.15, -0.1) is 0 Å². The van der Waals surface area contributed by atoms with Crippen molar-refractivity contribution in [3.63, 3.8) is 0 Å². The second kappa shape index (κ2) is 10.4. The van der Waals surface area contributed by atoms with Crippen molar-refractivity contribution in [3.05, 3.63) is 83.9 Å². The fourth-order valence-electron chi connectivity index (χ4n) is 5.63. The molecule has 9 heteroatoms. The Hall–Kier alpha value is -4.21. The van der Waals surface area contributed by atoms with Crippen molar-refractivity contribution < 1.29 is 28.9 Å². The van der Waals surface area contributed by atoms with Crippen LogP contribution in [-0.4, -0.2) is 71.7 Å². The van der Waals surface area contributed by atoms with Gasteiger partial charge >= 0.3 is 6.16 Å². The monoisotopic (exact) mass is 541 g/mol. The summed E-state index contributed by atoms with van der Waals surface area (Å²) >= 11 is 0. The van der Waals surface area contributed by atoms with E-state index in [-0.39, 0.29) is 12.5 Å². The lowest BCUT2D eigenvalue weighted by Gasteiger charge is -2.37. The molecular formula is C31H31N3O6. The predicted molar refractivity (Wildman–Crippen MR) is 151 cm³/mol. The van der Waals surface area contributed by atoms with Crippen LogP contribution >= 0.6 is 0 Å². The molecule has 2 saturated heterocycles. The van der Waals surface area contributed by atoms with Crippen molar-refractivity contribution in [2.45, 2.75) is 31.8 Å². The second-order valence-corrected chi connectivity index (χ2v) is 10.6. The predicted octanol–water partition coefficient (Wildman–Crippen LogP) is 5.24. The highest BCUT2D eigenvalue weighted by Gasteiger charge is 2.40. The summed E-state index contributed by atoms with van der Waals surface area (Å²) in [6.45, 7) is 6.19. The Bertz CT molecular complexity index is 1530. The molecule has 40 heavy (non-hydrogen) atoms. The van der Waals surface area contributed by atoms with E-state index < -0.39 is 24.2 Å². The molecule has 2 fully saturated rings. The molecule has 6 rings (SSSR count). The van der Waals surface area contributed by atoms with Crippen LogP contribution < -0.4 is 4.90 Å². The van der Waals surface area contributed by atoms with Gasteiger partial charge in [0.15, 0.2) is 11.9 Å². The van der Waals surface area contributed by atoms with Crippen LogP contribution in [0.2, 0.25) is 0 Å². The minimum Gasteiger partial charge on any atom is -0.450 e. The summed E-state index contributed by atoms with van der Waals surface area (Å²) in [6, 6.07) is 23.2. The Kier molecular flexibility index (Phi) is 6.77. The molecule has 1 amide bonds. The van der Waals surface area contributed by atoms with E-state index in [1.165, 1.54) is 0 Å². The number of benzene rings is 3. The molecular weight excluding hydrogens is 510 g/mol. The third kappa shape index (κ3) is 5.05. The van der Waals surface area contributed by atoms with Gasteiger partial charge in [-0.1, -0.05) is 48.5 Å². The fourth-order valence-corrected chi connectivity index (χ4v) is 5.63. The SMILES string of the molecule is CC1(C)OCC(C(OC(=O)O)c2cccc(N3CCN(C(=O)c4c5ccccc5nc5ccccc45)CC3)c2)O1. The zero-order chi connectivity index (χ0) is 27.9. The minimum atomic E-state index is -1.37. The molecule has 3 aromatic carbocycles. The van der Waals surface area contributed by atoms with Crippen LogP contribution in [0.3, 0.4) is 0 Å². The molecule has 0 aliphatic carbocycles. The molecule has 0 spiro atoms. The molecule has 206 valence electrons. The first-order valence-corrected chi connectivity index (χ1v) is 13.4. The number of ether oxygens (including phenoxy) is 3. The van der Waals surface area contributed by atoms with Crippen molar-refractivity contribution in [2.24, 2.45) is 0 Å². The Morgan fingerprint density at radius 1 is 0.950 bits per heavy atom. The average Bonchev–Trinajstić information content (AvgIpc) is 3.33. The molecule has 9 nitrogen and oxygen atoms in total. The van der Waals surface area contributed by atoms with Gasteiger partial charge in [-0.05, 0) is 43.7 Å². The van der Waals surface area contributed by atoms with E-state index in [0.29, 0.717) is 37.3 Å². The summed E-state index contributed by atoms with van der Waals surface area (Å²) in [7, 11) is 0. The lowest BCUT2D eigenvalue weighted by molar-refractivity contribution is -0.153. The van der Waals surface area contributed by atoms with E-state index in [1.54, 1.807) is 13.8 Å². The van der Waals surface area contributed by atoms with Crippen LogP contribution in [0.25, 0.3) is 21.8 Å². The number of anilines is 1. The number of amides is 1. The smallest absolute Gasteiger partial charge is 0.450 e. The largest absolute Gasteiger partial charge is 0.506 e. The normalized spacial score (nSPS) is 19.6. The number of nitrogens with zero attached hydrogens (tertiary/aromatic N) is 3. The topological polar surface area (TPSA) is 101 Å². The maximum absolute atomic E-state index is 13.9. The fraction of sp³-hybridized carbons (Fsp3) is 0.323. The van der Waals surface area contributed by atoms with Gasteiger partial charge in [-0.25, -0.2) is 9.78 Å². The standard InChI is InChI=1S/C31H31N3O6/c1-31(2)38-19-26(40-31)28(39-30(36)37)20-8-7-9-21(18-20)33-14-16-34(17-15-33)29(35)27-22-10-3-5-12-24(22)32-25-13-6-4-11-23(25)27/h3-13,18,26,28H,14-17,19H2,1-2H3,(H,36,37). The van der Waals surface area contributed by atoms with Crippen molar-refractivity contribution in [2.75, 3.05) is 37.7 Å². The van der Waals surface area contributed by atoms with Crippen LogP contribution in [0.4, 0.5) is 10.5 Å². The lowest BCUT2D eigenvalue weighted by Crippen LogP contribution is -2.49. The average molecular weight is 542 g/mol. The number of piperazine rings is 1. The summed E-state index contributed by atoms with van der Waals surface area (Å²) in [6.07, 6.45) is -2.75. The third-order valence-corrected chi connectivity index (χ3v) is 7.53. The number of fused-ring (bicyclic) bond motifs is 2. The minimum absolute atomic E-state index is 0.000815. The number of rotatable bonds is 5. The Labute approximate surface area is 231 Å². The second-order valence-electron chi connectivity index (χ2n) is 10.6. The Balaban J connectivity index is 1.22. The molecule has 2 aliphatic heterocycles. The van der Waals surface area contributed by atoms with Gasteiger partial charge in [0.05, 0.1) is 23.2 Å². The molecule has 1 aromatic heterocycles. The summed E-state index contributed by atoms with van der Waals surface area (Å²) in [5, 5.41) is 11.1. The number of aromatic nitrogens is 1. The van der Waals surface area contributed by atoms with Gasteiger partial charge in [-0.3, -0.25) is 4.79 Å². The number of carbonyl (C=O) groups is 2. The molecule has 1 N–H and O–H groups in total. The van der Waals surface area contributed by atoms with Gasteiger partial charge in [0, 0.05) is 42.6 Å². The first-order valence-electron chi connectivity index (χ1n) is 13.4.